The van der Waals surface area contributed by atoms with E-state index in [9.17, 15) is 14.7 Å². The van der Waals surface area contributed by atoms with Gasteiger partial charge in [-0.1, -0.05) is 12.1 Å². The van der Waals surface area contributed by atoms with E-state index < -0.39 is 12.0 Å². The number of carboxylic acids is 1. The first-order valence-electron chi connectivity index (χ1n) is 7.85. The van der Waals surface area contributed by atoms with Gasteiger partial charge in [-0.25, -0.2) is 0 Å². The summed E-state index contributed by atoms with van der Waals surface area (Å²) < 4.78 is 0. The molecule has 1 aliphatic rings. The highest BCUT2D eigenvalue weighted by atomic mass is 32.2. The van der Waals surface area contributed by atoms with Gasteiger partial charge in [-0.15, -0.1) is 23.1 Å². The lowest BCUT2D eigenvalue weighted by atomic mass is 10.0. The zero-order chi connectivity index (χ0) is 17.1. The van der Waals surface area contributed by atoms with Crippen molar-refractivity contribution in [1.29, 1.82) is 0 Å². The second kappa shape index (κ2) is 7.40. The molecule has 0 spiro atoms. The van der Waals surface area contributed by atoms with Crippen LogP contribution in [-0.2, 0) is 17.6 Å². The predicted molar refractivity (Wildman–Crippen MR) is 97.0 cm³/mol. The first kappa shape index (κ1) is 17.0. The number of amides is 1. The molecular formula is C18H19NO3S2. The highest BCUT2D eigenvalue weighted by Gasteiger charge is 2.22. The van der Waals surface area contributed by atoms with E-state index in [2.05, 4.69) is 5.32 Å². The van der Waals surface area contributed by atoms with E-state index in [1.54, 1.807) is 11.8 Å². The lowest BCUT2D eigenvalue weighted by Crippen LogP contribution is -2.29. The van der Waals surface area contributed by atoms with Crippen LogP contribution in [-0.4, -0.2) is 23.2 Å². The standard InChI is InChI=1S/C18H19NO3S2/c1-23-13-7-5-11(6-8-13)14(10-17(20)21)19-18(22)16-9-12-3-2-4-15(12)24-16/h5-9,14H,2-4,10H2,1H3,(H,19,22)(H,20,21). The maximum absolute atomic E-state index is 12.5. The van der Waals surface area contributed by atoms with E-state index in [4.69, 9.17) is 0 Å². The average Bonchev–Trinajstić information content (AvgIpc) is 3.15. The molecule has 126 valence electrons. The van der Waals surface area contributed by atoms with Crippen LogP contribution in [0.15, 0.2) is 35.2 Å². The minimum absolute atomic E-state index is 0.130. The molecule has 1 aromatic heterocycles. The van der Waals surface area contributed by atoms with Gasteiger partial charge in [0.15, 0.2) is 0 Å². The number of thiophene rings is 1. The molecule has 6 heteroatoms. The number of hydrogen-bond donors (Lipinski definition) is 2. The summed E-state index contributed by atoms with van der Waals surface area (Å²) in [5.74, 6) is -1.11. The maximum atomic E-state index is 12.5. The summed E-state index contributed by atoms with van der Waals surface area (Å²) >= 11 is 3.15. The zero-order valence-electron chi connectivity index (χ0n) is 13.4. The van der Waals surface area contributed by atoms with Crippen molar-refractivity contribution < 1.29 is 14.7 Å². The van der Waals surface area contributed by atoms with Gasteiger partial charge in [-0.05, 0) is 54.8 Å². The summed E-state index contributed by atoms with van der Waals surface area (Å²) in [4.78, 5) is 26.8. The van der Waals surface area contributed by atoms with E-state index in [0.717, 1.165) is 29.7 Å². The monoisotopic (exact) mass is 361 g/mol. The molecule has 24 heavy (non-hydrogen) atoms. The number of carbonyl (C=O) groups is 2. The number of fused-ring (bicyclic) bond motifs is 1. The van der Waals surface area contributed by atoms with Gasteiger partial charge in [0.05, 0.1) is 17.3 Å². The molecule has 0 aliphatic heterocycles. The topological polar surface area (TPSA) is 66.4 Å². The van der Waals surface area contributed by atoms with Gasteiger partial charge in [0, 0.05) is 9.77 Å². The summed E-state index contributed by atoms with van der Waals surface area (Å²) in [5, 5.41) is 12.1. The molecule has 1 aliphatic carbocycles. The van der Waals surface area contributed by atoms with Crippen molar-refractivity contribution in [3.8, 4) is 0 Å². The third kappa shape index (κ3) is 3.82. The fraction of sp³-hybridized carbons (Fsp3) is 0.333. The summed E-state index contributed by atoms with van der Waals surface area (Å²) in [5.41, 5.74) is 2.08. The Morgan fingerprint density at radius 3 is 2.67 bits per heavy atom. The second-order valence-corrected chi connectivity index (χ2v) is 7.83. The van der Waals surface area contributed by atoms with Crippen LogP contribution in [0.2, 0.25) is 0 Å². The van der Waals surface area contributed by atoms with Crippen LogP contribution >= 0.6 is 23.1 Å². The number of benzene rings is 1. The Kier molecular flexibility index (Phi) is 5.26. The van der Waals surface area contributed by atoms with Gasteiger partial charge in [0.25, 0.3) is 5.91 Å². The quantitative estimate of drug-likeness (QED) is 0.766. The van der Waals surface area contributed by atoms with Crippen molar-refractivity contribution in [3.63, 3.8) is 0 Å². The van der Waals surface area contributed by atoms with Crippen molar-refractivity contribution in [2.75, 3.05) is 6.26 Å². The van der Waals surface area contributed by atoms with Crippen molar-refractivity contribution in [1.82, 2.24) is 5.32 Å². The minimum atomic E-state index is -0.928. The predicted octanol–water partition coefficient (Wildman–Crippen LogP) is 3.90. The number of thioether (sulfide) groups is 1. The molecule has 1 unspecified atom stereocenters. The van der Waals surface area contributed by atoms with Crippen LogP contribution in [0.4, 0.5) is 0 Å². The molecule has 1 amide bonds. The molecule has 2 N–H and O–H groups in total. The van der Waals surface area contributed by atoms with E-state index in [1.807, 2.05) is 36.6 Å². The van der Waals surface area contributed by atoms with E-state index >= 15 is 0 Å². The Morgan fingerprint density at radius 2 is 2.04 bits per heavy atom. The van der Waals surface area contributed by atoms with E-state index in [0.29, 0.717) is 4.88 Å². The summed E-state index contributed by atoms with van der Waals surface area (Å²) in [6, 6.07) is 9.09. The Labute approximate surface area is 149 Å². The molecule has 1 heterocycles. The van der Waals surface area contributed by atoms with E-state index in [1.165, 1.54) is 21.8 Å². The Bertz CT molecular complexity index is 731. The minimum Gasteiger partial charge on any atom is -0.481 e. The van der Waals surface area contributed by atoms with Gasteiger partial charge < -0.3 is 10.4 Å². The molecule has 0 fully saturated rings. The van der Waals surface area contributed by atoms with Crippen molar-refractivity contribution in [3.05, 3.63) is 51.2 Å². The first-order chi connectivity index (χ1) is 11.6. The second-order valence-electron chi connectivity index (χ2n) is 5.81. The molecular weight excluding hydrogens is 342 g/mol. The lowest BCUT2D eigenvalue weighted by molar-refractivity contribution is -0.137. The maximum Gasteiger partial charge on any atom is 0.305 e. The Balaban J connectivity index is 1.77. The SMILES string of the molecule is CSc1ccc(C(CC(=O)O)NC(=O)c2cc3c(s2)CCC3)cc1. The first-order valence-corrected chi connectivity index (χ1v) is 9.89. The number of hydrogen-bond acceptors (Lipinski definition) is 4. The van der Waals surface area contributed by atoms with Crippen LogP contribution in [0.1, 0.15) is 44.6 Å². The van der Waals surface area contributed by atoms with Crippen molar-refractivity contribution in [2.24, 2.45) is 0 Å². The highest BCUT2D eigenvalue weighted by Crippen LogP contribution is 2.31. The fourth-order valence-corrected chi connectivity index (χ4v) is 4.50. The van der Waals surface area contributed by atoms with E-state index in [-0.39, 0.29) is 12.3 Å². The summed E-state index contributed by atoms with van der Waals surface area (Å²) in [7, 11) is 0. The third-order valence-electron chi connectivity index (χ3n) is 4.17. The molecule has 3 rings (SSSR count). The Hall–Kier alpha value is -1.79. The summed E-state index contributed by atoms with van der Waals surface area (Å²) in [6.07, 6.45) is 5.10. The van der Waals surface area contributed by atoms with Gasteiger partial charge in [0.2, 0.25) is 0 Å². The number of carboxylic acid groups (broad SMARTS) is 1. The lowest BCUT2D eigenvalue weighted by Gasteiger charge is -2.17. The Morgan fingerprint density at radius 1 is 1.29 bits per heavy atom. The molecule has 0 saturated carbocycles. The normalized spacial score (nSPS) is 14.2. The smallest absolute Gasteiger partial charge is 0.305 e. The molecule has 1 atom stereocenters. The number of aliphatic carboxylic acids is 1. The molecule has 4 nitrogen and oxygen atoms in total. The van der Waals surface area contributed by atoms with Crippen molar-refractivity contribution >= 4 is 35.0 Å². The van der Waals surface area contributed by atoms with Gasteiger partial charge >= 0.3 is 5.97 Å². The number of rotatable bonds is 6. The van der Waals surface area contributed by atoms with Crippen molar-refractivity contribution in [2.45, 2.75) is 36.6 Å². The van der Waals surface area contributed by atoms with Crippen LogP contribution < -0.4 is 5.32 Å². The number of aryl methyl sites for hydroxylation is 2. The number of carbonyl (C=O) groups excluding carboxylic acids is 1. The van der Waals surface area contributed by atoms with Gasteiger partial charge in [-0.3, -0.25) is 9.59 Å². The number of nitrogens with one attached hydrogen (secondary N) is 1. The molecule has 0 bridgehead atoms. The average molecular weight is 361 g/mol. The molecule has 2 aromatic rings. The van der Waals surface area contributed by atoms with Crippen LogP contribution in [0.25, 0.3) is 0 Å². The fourth-order valence-electron chi connectivity index (χ4n) is 2.93. The summed E-state index contributed by atoms with van der Waals surface area (Å²) in [6.45, 7) is 0. The zero-order valence-corrected chi connectivity index (χ0v) is 15.0. The van der Waals surface area contributed by atoms with Crippen LogP contribution in [0.5, 0.6) is 0 Å². The molecule has 0 radical (unpaired) electrons. The largest absolute Gasteiger partial charge is 0.481 e. The molecule has 1 aromatic carbocycles. The van der Waals surface area contributed by atoms with Gasteiger partial charge in [-0.2, -0.15) is 0 Å². The van der Waals surface area contributed by atoms with Gasteiger partial charge in [0.1, 0.15) is 0 Å². The highest BCUT2D eigenvalue weighted by molar-refractivity contribution is 7.98. The third-order valence-corrected chi connectivity index (χ3v) is 6.15. The van der Waals surface area contributed by atoms with Crippen LogP contribution in [0.3, 0.4) is 0 Å². The molecule has 0 saturated heterocycles. The van der Waals surface area contributed by atoms with Crippen LogP contribution in [0, 0.1) is 0 Å².